The minimum Gasteiger partial charge on any atom is -0.482 e. The van der Waals surface area contributed by atoms with E-state index in [0.717, 1.165) is 49.7 Å². The summed E-state index contributed by atoms with van der Waals surface area (Å²) in [6.07, 6.45) is 12.8. The quantitative estimate of drug-likeness (QED) is 0.593. The minimum absolute atomic E-state index is 0.000734. The Kier molecular flexibility index (Phi) is 6.76. The van der Waals surface area contributed by atoms with Crippen molar-refractivity contribution in [2.75, 3.05) is 6.54 Å². The highest BCUT2D eigenvalue weighted by Gasteiger charge is 2.42. The maximum atomic E-state index is 13.3. The summed E-state index contributed by atoms with van der Waals surface area (Å²) in [5, 5.41) is 3.20. The Hall–Kier alpha value is -2.30. The number of nitrogens with zero attached hydrogens (tertiary/aromatic N) is 1. The number of hydrogen-bond donors (Lipinski definition) is 1. The lowest BCUT2D eigenvalue weighted by Crippen LogP contribution is -2.57. The molecule has 2 unspecified atom stereocenters. The molecule has 0 radical (unpaired) electrons. The second-order valence-corrected chi connectivity index (χ2v) is 9.12. The van der Waals surface area contributed by atoms with Crippen LogP contribution in [0.15, 0.2) is 30.0 Å². The van der Waals surface area contributed by atoms with Crippen LogP contribution in [0.3, 0.4) is 0 Å². The zero-order valence-corrected chi connectivity index (χ0v) is 18.1. The van der Waals surface area contributed by atoms with Crippen molar-refractivity contribution in [1.82, 2.24) is 10.2 Å². The van der Waals surface area contributed by atoms with E-state index in [9.17, 15) is 9.59 Å². The van der Waals surface area contributed by atoms with Gasteiger partial charge in [-0.15, -0.1) is 0 Å². The van der Waals surface area contributed by atoms with Crippen LogP contribution in [-0.4, -0.2) is 41.4 Å². The molecule has 5 nitrogen and oxygen atoms in total. The van der Waals surface area contributed by atoms with Crippen LogP contribution in [0.2, 0.25) is 0 Å². The van der Waals surface area contributed by atoms with Crippen molar-refractivity contribution in [3.05, 3.63) is 41.2 Å². The monoisotopic (exact) mass is 410 g/mol. The Morgan fingerprint density at radius 2 is 1.83 bits per heavy atom. The molecule has 0 bridgehead atoms. The van der Waals surface area contributed by atoms with E-state index in [2.05, 4.69) is 5.32 Å². The van der Waals surface area contributed by atoms with E-state index in [-0.39, 0.29) is 36.5 Å². The molecule has 0 spiro atoms. The summed E-state index contributed by atoms with van der Waals surface area (Å²) in [6.45, 7) is 2.16. The second-order valence-electron chi connectivity index (χ2n) is 9.12. The lowest BCUT2D eigenvalue weighted by Gasteiger charge is -2.44. The SMILES string of the molecule is Cc1cccc(/C=C2/OC3CCCCC3N(CC(=O)NC3CCCCCC3)C2=O)c1. The summed E-state index contributed by atoms with van der Waals surface area (Å²) in [5.41, 5.74) is 2.10. The number of nitrogens with one attached hydrogen (secondary N) is 1. The van der Waals surface area contributed by atoms with E-state index in [0.29, 0.717) is 5.76 Å². The molecule has 4 rings (SSSR count). The topological polar surface area (TPSA) is 58.6 Å². The number of ether oxygens (including phenoxy) is 1. The molecule has 2 saturated carbocycles. The van der Waals surface area contributed by atoms with Crippen molar-refractivity contribution in [2.45, 2.75) is 89.3 Å². The highest BCUT2D eigenvalue weighted by molar-refractivity contribution is 5.98. The van der Waals surface area contributed by atoms with Crippen molar-refractivity contribution >= 4 is 17.9 Å². The van der Waals surface area contributed by atoms with Gasteiger partial charge in [-0.1, -0.05) is 61.9 Å². The van der Waals surface area contributed by atoms with Crippen LogP contribution in [-0.2, 0) is 14.3 Å². The van der Waals surface area contributed by atoms with Gasteiger partial charge in [-0.05, 0) is 50.7 Å². The van der Waals surface area contributed by atoms with E-state index in [1.165, 1.54) is 25.7 Å². The molecule has 1 aromatic carbocycles. The summed E-state index contributed by atoms with van der Waals surface area (Å²) >= 11 is 0. The molecule has 1 heterocycles. The standard InChI is InChI=1S/C25H34N2O3/c1-18-9-8-10-19(15-18)16-23-25(29)27(21-13-6-7-14-22(21)30-23)17-24(28)26-20-11-4-2-3-5-12-20/h8-10,15-16,20-22H,2-7,11-14,17H2,1H3,(H,26,28)/b23-16+. The third-order valence-corrected chi connectivity index (χ3v) is 6.69. The molecule has 2 aliphatic carbocycles. The molecule has 1 saturated heterocycles. The molecular weight excluding hydrogens is 376 g/mol. The van der Waals surface area contributed by atoms with Crippen molar-refractivity contribution in [1.29, 1.82) is 0 Å². The zero-order valence-electron chi connectivity index (χ0n) is 18.1. The Balaban J connectivity index is 1.50. The molecule has 3 fully saturated rings. The summed E-state index contributed by atoms with van der Waals surface area (Å²) in [4.78, 5) is 27.9. The van der Waals surface area contributed by atoms with Gasteiger partial charge in [0.05, 0.1) is 6.04 Å². The van der Waals surface area contributed by atoms with Crippen LogP contribution in [0.5, 0.6) is 0 Å². The number of rotatable bonds is 4. The predicted octanol–water partition coefficient (Wildman–Crippen LogP) is 4.34. The Labute approximate surface area is 179 Å². The third-order valence-electron chi connectivity index (χ3n) is 6.69. The fourth-order valence-electron chi connectivity index (χ4n) is 5.12. The first kappa shape index (κ1) is 21.0. The van der Waals surface area contributed by atoms with Crippen LogP contribution < -0.4 is 5.32 Å². The lowest BCUT2D eigenvalue weighted by atomic mass is 9.89. The molecule has 2 atom stereocenters. The molecular formula is C25H34N2O3. The molecule has 2 amide bonds. The van der Waals surface area contributed by atoms with Gasteiger partial charge in [0.1, 0.15) is 12.6 Å². The van der Waals surface area contributed by atoms with Crippen molar-refractivity contribution in [2.24, 2.45) is 0 Å². The van der Waals surface area contributed by atoms with E-state index < -0.39 is 0 Å². The normalized spacial score (nSPS) is 26.6. The number of carbonyl (C=O) groups is 2. The molecule has 162 valence electrons. The Morgan fingerprint density at radius 1 is 1.10 bits per heavy atom. The van der Waals surface area contributed by atoms with Gasteiger partial charge in [0.2, 0.25) is 5.91 Å². The fourth-order valence-corrected chi connectivity index (χ4v) is 5.12. The van der Waals surface area contributed by atoms with Gasteiger partial charge in [-0.25, -0.2) is 0 Å². The average Bonchev–Trinajstić information content (AvgIpc) is 3.00. The van der Waals surface area contributed by atoms with Crippen LogP contribution in [0.1, 0.15) is 75.3 Å². The summed E-state index contributed by atoms with van der Waals surface area (Å²) in [5.74, 6) is 0.179. The minimum atomic E-state index is -0.157. The van der Waals surface area contributed by atoms with Gasteiger partial charge in [-0.3, -0.25) is 9.59 Å². The summed E-state index contributed by atoms with van der Waals surface area (Å²) < 4.78 is 6.16. The van der Waals surface area contributed by atoms with E-state index >= 15 is 0 Å². The van der Waals surface area contributed by atoms with Crippen LogP contribution in [0.4, 0.5) is 0 Å². The molecule has 1 aliphatic heterocycles. The van der Waals surface area contributed by atoms with Gasteiger partial charge in [0.25, 0.3) is 5.91 Å². The molecule has 5 heteroatoms. The van der Waals surface area contributed by atoms with Crippen LogP contribution in [0, 0.1) is 6.92 Å². The van der Waals surface area contributed by atoms with Gasteiger partial charge < -0.3 is 15.0 Å². The second kappa shape index (κ2) is 9.67. The Morgan fingerprint density at radius 3 is 2.60 bits per heavy atom. The molecule has 3 aliphatic rings. The number of amides is 2. The first-order chi connectivity index (χ1) is 14.6. The Bertz CT molecular complexity index is 795. The molecule has 0 aromatic heterocycles. The smallest absolute Gasteiger partial charge is 0.289 e. The van der Waals surface area contributed by atoms with Gasteiger partial charge >= 0.3 is 0 Å². The molecule has 1 aromatic rings. The van der Waals surface area contributed by atoms with Crippen LogP contribution in [0.25, 0.3) is 6.08 Å². The predicted molar refractivity (Wildman–Crippen MR) is 118 cm³/mol. The maximum absolute atomic E-state index is 13.3. The maximum Gasteiger partial charge on any atom is 0.289 e. The highest BCUT2D eigenvalue weighted by Crippen LogP contribution is 2.33. The zero-order chi connectivity index (χ0) is 20.9. The number of aryl methyl sites for hydroxylation is 1. The molecule has 1 N–H and O–H groups in total. The largest absolute Gasteiger partial charge is 0.482 e. The fraction of sp³-hybridized carbons (Fsp3) is 0.600. The third kappa shape index (κ3) is 5.05. The number of hydrogen-bond acceptors (Lipinski definition) is 3. The van der Waals surface area contributed by atoms with E-state index in [4.69, 9.17) is 4.74 Å². The lowest BCUT2D eigenvalue weighted by molar-refractivity contribution is -0.152. The van der Waals surface area contributed by atoms with Gasteiger partial charge in [0, 0.05) is 6.04 Å². The summed E-state index contributed by atoms with van der Waals surface area (Å²) in [7, 11) is 0. The van der Waals surface area contributed by atoms with Crippen LogP contribution >= 0.6 is 0 Å². The molecule has 30 heavy (non-hydrogen) atoms. The average molecular weight is 411 g/mol. The number of morpholine rings is 1. The van der Waals surface area contributed by atoms with E-state index in [1.807, 2.05) is 37.3 Å². The number of carbonyl (C=O) groups excluding carboxylic acids is 2. The first-order valence-corrected chi connectivity index (χ1v) is 11.7. The van der Waals surface area contributed by atoms with E-state index in [1.54, 1.807) is 4.90 Å². The van der Waals surface area contributed by atoms with Crippen molar-refractivity contribution in [3.63, 3.8) is 0 Å². The van der Waals surface area contributed by atoms with Gasteiger partial charge in [-0.2, -0.15) is 0 Å². The number of fused-ring (bicyclic) bond motifs is 1. The summed E-state index contributed by atoms with van der Waals surface area (Å²) in [6, 6.07) is 8.29. The van der Waals surface area contributed by atoms with Crippen molar-refractivity contribution < 1.29 is 14.3 Å². The number of benzene rings is 1. The highest BCUT2D eigenvalue weighted by atomic mass is 16.5. The van der Waals surface area contributed by atoms with Crippen molar-refractivity contribution in [3.8, 4) is 0 Å². The van der Waals surface area contributed by atoms with Gasteiger partial charge in [0.15, 0.2) is 5.76 Å². The first-order valence-electron chi connectivity index (χ1n) is 11.7.